The van der Waals surface area contributed by atoms with Crippen molar-refractivity contribution < 1.29 is 14.0 Å². The summed E-state index contributed by atoms with van der Waals surface area (Å²) in [5, 5.41) is 2.86. The molecule has 2 amide bonds. The highest BCUT2D eigenvalue weighted by atomic mass is 16.4. The minimum Gasteiger partial charge on any atom is -0.443 e. The summed E-state index contributed by atoms with van der Waals surface area (Å²) in [5.74, 6) is 1.25. The number of nitrogens with zero attached hydrogens (tertiary/aromatic N) is 2. The molecule has 2 heterocycles. The molecule has 0 unspecified atom stereocenters. The van der Waals surface area contributed by atoms with E-state index < -0.39 is 0 Å². The summed E-state index contributed by atoms with van der Waals surface area (Å²) in [5.41, 5.74) is 1.69. The molecule has 0 radical (unpaired) electrons. The van der Waals surface area contributed by atoms with Crippen LogP contribution in [0.5, 0.6) is 0 Å². The van der Waals surface area contributed by atoms with E-state index in [4.69, 9.17) is 4.42 Å². The average Bonchev–Trinajstić information content (AvgIpc) is 3.07. The molecule has 1 aromatic carbocycles. The number of hydrogen-bond acceptors (Lipinski definition) is 4. The zero-order chi connectivity index (χ0) is 20.3. The fourth-order valence-corrected chi connectivity index (χ4v) is 3.77. The van der Waals surface area contributed by atoms with Gasteiger partial charge in [0.1, 0.15) is 11.8 Å². The maximum atomic E-state index is 13.0. The Morgan fingerprint density at radius 1 is 1.18 bits per heavy atom. The second-order valence-corrected chi connectivity index (χ2v) is 7.86. The lowest BCUT2D eigenvalue weighted by Gasteiger charge is -2.31. The van der Waals surface area contributed by atoms with Crippen molar-refractivity contribution in [3.63, 3.8) is 0 Å². The number of piperidine rings is 1. The summed E-state index contributed by atoms with van der Waals surface area (Å²) >= 11 is 0. The van der Waals surface area contributed by atoms with Gasteiger partial charge < -0.3 is 14.6 Å². The van der Waals surface area contributed by atoms with Gasteiger partial charge in [0.25, 0.3) is 5.91 Å². The first kappa shape index (κ1) is 20.1. The van der Waals surface area contributed by atoms with Crippen molar-refractivity contribution in [1.29, 1.82) is 0 Å². The minimum atomic E-state index is -0.346. The fourth-order valence-electron chi connectivity index (χ4n) is 3.77. The molecular formula is C22H29N3O3. The standard InChI is InChI=1S/C22H29N3O3/c1-14(2)19(23-16(4)26)21-24-20(15(3)28-21)22(27)25-12-10-18(11-13-25)17-8-6-5-7-9-17/h5-9,14,18-19H,10-13H2,1-4H3,(H,23,26)/t19-/m1/s1. The topological polar surface area (TPSA) is 75.4 Å². The van der Waals surface area contributed by atoms with Crippen molar-refractivity contribution >= 4 is 11.8 Å². The predicted molar refractivity (Wildman–Crippen MR) is 107 cm³/mol. The normalized spacial score (nSPS) is 16.2. The first-order valence-electron chi connectivity index (χ1n) is 9.95. The predicted octanol–water partition coefficient (Wildman–Crippen LogP) is 3.84. The molecule has 0 aliphatic carbocycles. The Balaban J connectivity index is 1.70. The van der Waals surface area contributed by atoms with Crippen LogP contribution < -0.4 is 5.32 Å². The van der Waals surface area contributed by atoms with Crippen LogP contribution in [0.3, 0.4) is 0 Å². The van der Waals surface area contributed by atoms with Crippen LogP contribution in [0.1, 0.15) is 73.3 Å². The van der Waals surface area contributed by atoms with Crippen LogP contribution >= 0.6 is 0 Å². The third-order valence-corrected chi connectivity index (χ3v) is 5.36. The van der Waals surface area contributed by atoms with E-state index in [1.165, 1.54) is 12.5 Å². The molecule has 2 aromatic rings. The Hall–Kier alpha value is -2.63. The summed E-state index contributed by atoms with van der Waals surface area (Å²) in [6, 6.07) is 10.1. The number of oxazole rings is 1. The van der Waals surface area contributed by atoms with E-state index in [0.717, 1.165) is 12.8 Å². The van der Waals surface area contributed by atoms with E-state index in [9.17, 15) is 9.59 Å². The van der Waals surface area contributed by atoms with Gasteiger partial charge in [0.2, 0.25) is 11.8 Å². The first-order valence-corrected chi connectivity index (χ1v) is 9.95. The molecular weight excluding hydrogens is 354 g/mol. The van der Waals surface area contributed by atoms with E-state index in [1.807, 2.05) is 24.8 Å². The van der Waals surface area contributed by atoms with Gasteiger partial charge in [-0.1, -0.05) is 44.2 Å². The van der Waals surface area contributed by atoms with Gasteiger partial charge in [-0.2, -0.15) is 0 Å². The van der Waals surface area contributed by atoms with Gasteiger partial charge in [-0.25, -0.2) is 4.98 Å². The van der Waals surface area contributed by atoms with Crippen LogP contribution in [0.4, 0.5) is 0 Å². The maximum absolute atomic E-state index is 13.0. The lowest BCUT2D eigenvalue weighted by molar-refractivity contribution is -0.120. The molecule has 1 fully saturated rings. The lowest BCUT2D eigenvalue weighted by Crippen LogP contribution is -2.38. The molecule has 150 valence electrons. The molecule has 6 heteroatoms. The molecule has 28 heavy (non-hydrogen) atoms. The summed E-state index contributed by atoms with van der Waals surface area (Å²) in [4.78, 5) is 30.8. The van der Waals surface area contributed by atoms with E-state index in [1.54, 1.807) is 6.92 Å². The van der Waals surface area contributed by atoms with E-state index >= 15 is 0 Å². The molecule has 0 bridgehead atoms. The SMILES string of the molecule is CC(=O)N[C@@H](c1nc(C(=O)N2CCC(c3ccccc3)CC2)c(C)o1)C(C)C. The number of hydrogen-bond donors (Lipinski definition) is 1. The smallest absolute Gasteiger partial charge is 0.276 e. The summed E-state index contributed by atoms with van der Waals surface area (Å²) in [6.07, 6.45) is 1.89. The van der Waals surface area contributed by atoms with Gasteiger partial charge in [-0.05, 0) is 37.2 Å². The number of carbonyl (C=O) groups is 2. The number of benzene rings is 1. The maximum Gasteiger partial charge on any atom is 0.276 e. The summed E-state index contributed by atoms with van der Waals surface area (Å²) in [7, 11) is 0. The van der Waals surface area contributed by atoms with Gasteiger partial charge in [0, 0.05) is 20.0 Å². The van der Waals surface area contributed by atoms with E-state index in [-0.39, 0.29) is 23.8 Å². The first-order chi connectivity index (χ1) is 13.4. The highest BCUT2D eigenvalue weighted by molar-refractivity contribution is 5.93. The van der Waals surface area contributed by atoms with E-state index in [0.29, 0.717) is 36.4 Å². The van der Waals surface area contributed by atoms with Crippen molar-refractivity contribution in [1.82, 2.24) is 15.2 Å². The molecule has 1 aliphatic heterocycles. The Bertz CT molecular complexity index is 821. The third-order valence-electron chi connectivity index (χ3n) is 5.36. The third kappa shape index (κ3) is 4.43. The number of aromatic nitrogens is 1. The summed E-state index contributed by atoms with van der Waals surface area (Å²) in [6.45, 7) is 8.60. The number of rotatable bonds is 5. The Morgan fingerprint density at radius 3 is 2.39 bits per heavy atom. The van der Waals surface area contributed by atoms with Gasteiger partial charge in [0.15, 0.2) is 5.69 Å². The minimum absolute atomic E-state index is 0.0932. The van der Waals surface area contributed by atoms with Crippen LogP contribution in [-0.4, -0.2) is 34.8 Å². The van der Waals surface area contributed by atoms with Crippen LogP contribution in [0.2, 0.25) is 0 Å². The Labute approximate surface area is 166 Å². The fraction of sp³-hybridized carbons (Fsp3) is 0.500. The molecule has 1 aromatic heterocycles. The number of amides is 2. The van der Waals surface area contributed by atoms with Crippen molar-refractivity contribution in [2.45, 2.75) is 52.5 Å². The highest BCUT2D eigenvalue weighted by Gasteiger charge is 2.30. The lowest BCUT2D eigenvalue weighted by atomic mass is 9.89. The van der Waals surface area contributed by atoms with Gasteiger partial charge in [0.05, 0.1) is 0 Å². The molecule has 1 atom stereocenters. The number of likely N-dealkylation sites (tertiary alicyclic amines) is 1. The Kier molecular flexibility index (Phi) is 6.17. The van der Waals surface area contributed by atoms with Crippen LogP contribution in [0.15, 0.2) is 34.7 Å². The largest absolute Gasteiger partial charge is 0.443 e. The van der Waals surface area contributed by atoms with Crippen molar-refractivity contribution in [2.75, 3.05) is 13.1 Å². The zero-order valence-electron chi connectivity index (χ0n) is 17.1. The van der Waals surface area contributed by atoms with Gasteiger partial charge >= 0.3 is 0 Å². The van der Waals surface area contributed by atoms with Crippen molar-refractivity contribution in [3.8, 4) is 0 Å². The molecule has 1 saturated heterocycles. The molecule has 0 spiro atoms. The highest BCUT2D eigenvalue weighted by Crippen LogP contribution is 2.29. The van der Waals surface area contributed by atoms with Gasteiger partial charge in [-0.3, -0.25) is 9.59 Å². The Morgan fingerprint density at radius 2 is 1.82 bits per heavy atom. The number of aryl methyl sites for hydroxylation is 1. The molecule has 3 rings (SSSR count). The van der Waals surface area contributed by atoms with Crippen LogP contribution in [0.25, 0.3) is 0 Å². The monoisotopic (exact) mass is 383 g/mol. The number of nitrogens with one attached hydrogen (secondary N) is 1. The van der Waals surface area contributed by atoms with Crippen molar-refractivity contribution in [3.05, 3.63) is 53.2 Å². The number of carbonyl (C=O) groups excluding carboxylic acids is 2. The zero-order valence-corrected chi connectivity index (χ0v) is 17.1. The van der Waals surface area contributed by atoms with Crippen LogP contribution in [0, 0.1) is 12.8 Å². The summed E-state index contributed by atoms with van der Waals surface area (Å²) < 4.78 is 5.77. The van der Waals surface area contributed by atoms with Crippen LogP contribution in [-0.2, 0) is 4.79 Å². The molecule has 6 nitrogen and oxygen atoms in total. The average molecular weight is 383 g/mol. The van der Waals surface area contributed by atoms with E-state index in [2.05, 4.69) is 34.6 Å². The molecule has 1 aliphatic rings. The molecule has 0 saturated carbocycles. The van der Waals surface area contributed by atoms with Gasteiger partial charge in [-0.15, -0.1) is 0 Å². The second-order valence-electron chi connectivity index (χ2n) is 7.86. The second kappa shape index (κ2) is 8.59. The van der Waals surface area contributed by atoms with Crippen molar-refractivity contribution in [2.24, 2.45) is 5.92 Å². The quantitative estimate of drug-likeness (QED) is 0.851. The molecule has 1 N–H and O–H groups in total.